The Kier molecular flexibility index (Phi) is 8.17. The molecule has 3 heterocycles. The van der Waals surface area contributed by atoms with Crippen molar-refractivity contribution < 1.29 is 19.6 Å². The molecule has 3 N–H and O–H groups in total. The van der Waals surface area contributed by atoms with Crippen molar-refractivity contribution in [1.29, 1.82) is 0 Å². The van der Waals surface area contributed by atoms with Crippen LogP contribution in [-0.4, -0.2) is 65.2 Å². The van der Waals surface area contributed by atoms with Crippen LogP contribution in [0.2, 0.25) is 0 Å². The summed E-state index contributed by atoms with van der Waals surface area (Å²) in [4.78, 5) is 43.4. The number of hydrogen-bond donors (Lipinski definition) is 3. The molecule has 1 saturated carbocycles. The summed E-state index contributed by atoms with van der Waals surface area (Å²) in [5.41, 5.74) is 1.82. The first-order valence-corrected chi connectivity index (χ1v) is 14.3. The van der Waals surface area contributed by atoms with Gasteiger partial charge in [-0.25, -0.2) is 9.59 Å². The van der Waals surface area contributed by atoms with E-state index in [1.807, 2.05) is 33.7 Å². The Labute approximate surface area is 218 Å². The smallest absolute Gasteiger partial charge is 0.326 e. The molecule has 1 aromatic carbocycles. The van der Waals surface area contributed by atoms with Gasteiger partial charge in [-0.3, -0.25) is 4.57 Å². The molecule has 0 bridgehead atoms. The zero-order chi connectivity index (χ0) is 25.8. The first kappa shape index (κ1) is 25.8. The number of carbonyl (C=O) groups is 2. The van der Waals surface area contributed by atoms with Crippen molar-refractivity contribution in [2.45, 2.75) is 76.3 Å². The molecule has 2 aromatic rings. The number of piperidine rings is 2. The molecular formula is C28H41N5O4. The summed E-state index contributed by atoms with van der Waals surface area (Å²) in [6.45, 7) is 4.17. The zero-order valence-corrected chi connectivity index (χ0v) is 21.8. The molecule has 0 radical (unpaired) electrons. The largest absolute Gasteiger partial charge is 0.550 e. The minimum atomic E-state index is -0.993. The zero-order valence-electron chi connectivity index (χ0n) is 21.8. The van der Waals surface area contributed by atoms with Crippen LogP contribution in [0, 0.1) is 11.8 Å². The van der Waals surface area contributed by atoms with Crippen LogP contribution in [0.3, 0.4) is 0 Å². The van der Waals surface area contributed by atoms with Gasteiger partial charge in [0.2, 0.25) is 0 Å². The summed E-state index contributed by atoms with van der Waals surface area (Å²) in [6.07, 6.45) is 9.30. The molecule has 2 saturated heterocycles. The average molecular weight is 512 g/mol. The number of aromatic amines is 1. The number of H-pyrrole nitrogens is 1. The summed E-state index contributed by atoms with van der Waals surface area (Å²) >= 11 is 0. The van der Waals surface area contributed by atoms with E-state index >= 15 is 0 Å². The van der Waals surface area contributed by atoms with Gasteiger partial charge in [0, 0.05) is 50.4 Å². The number of rotatable bonds is 7. The van der Waals surface area contributed by atoms with E-state index in [0.717, 1.165) is 69.2 Å². The summed E-state index contributed by atoms with van der Waals surface area (Å²) in [5, 5.41) is 14.7. The normalized spacial score (nSPS) is 27.3. The van der Waals surface area contributed by atoms with Gasteiger partial charge in [0.15, 0.2) is 0 Å². The first-order chi connectivity index (χ1) is 18.0. The number of carbonyl (C=O) groups excluding carboxylic acids is 2. The third-order valence-electron chi connectivity index (χ3n) is 9.06. The highest BCUT2D eigenvalue weighted by atomic mass is 16.4. The average Bonchev–Trinajstić information content (AvgIpc) is 3.24. The Bertz CT molecular complexity index is 1130. The third kappa shape index (κ3) is 6.20. The standard InChI is InChI=1S/C28H41N5O4/c34-26(35)18-20-11-17-32(27(36)29-22-6-2-1-3-7-22)19-21(20)10-14-31-15-12-23(13-16-31)33-25-9-5-4-8-24(25)30-28(33)37/h4-5,8-9,20-23H,1-3,6-7,10-19H2,(H,29,36)(H,30,37)(H,34,35)/t20-,21-/m0/s1. The number of benzene rings is 1. The highest BCUT2D eigenvalue weighted by Gasteiger charge is 2.34. The van der Waals surface area contributed by atoms with Crippen LogP contribution in [0.1, 0.15) is 70.3 Å². The van der Waals surface area contributed by atoms with Gasteiger partial charge in [0.05, 0.1) is 30.7 Å². The van der Waals surface area contributed by atoms with E-state index in [-0.39, 0.29) is 42.1 Å². The summed E-state index contributed by atoms with van der Waals surface area (Å²) < 4.78 is 1.92. The maximum absolute atomic E-state index is 13.0. The van der Waals surface area contributed by atoms with E-state index in [9.17, 15) is 19.5 Å². The lowest BCUT2D eigenvalue weighted by molar-refractivity contribution is -0.906. The van der Waals surface area contributed by atoms with Gasteiger partial charge in [-0.1, -0.05) is 31.4 Å². The molecule has 9 heteroatoms. The Balaban J connectivity index is 1.15. The van der Waals surface area contributed by atoms with Gasteiger partial charge in [-0.2, -0.15) is 0 Å². The van der Waals surface area contributed by atoms with Crippen LogP contribution in [-0.2, 0) is 4.79 Å². The molecule has 1 aromatic heterocycles. The number of fused-ring (bicyclic) bond motifs is 1. The monoisotopic (exact) mass is 511 g/mol. The lowest BCUT2D eigenvalue weighted by atomic mass is 9.81. The van der Waals surface area contributed by atoms with Crippen molar-refractivity contribution in [2.24, 2.45) is 11.8 Å². The van der Waals surface area contributed by atoms with Crippen LogP contribution < -0.4 is 21.0 Å². The Morgan fingerprint density at radius 2 is 1.78 bits per heavy atom. The van der Waals surface area contributed by atoms with Gasteiger partial charge in [0.1, 0.15) is 0 Å². The molecule has 37 heavy (non-hydrogen) atoms. The Hall–Kier alpha value is -2.81. The third-order valence-corrected chi connectivity index (χ3v) is 9.06. The maximum Gasteiger partial charge on any atom is 0.326 e. The van der Waals surface area contributed by atoms with Gasteiger partial charge in [-0.15, -0.1) is 0 Å². The van der Waals surface area contributed by atoms with Gasteiger partial charge >= 0.3 is 11.7 Å². The second-order valence-corrected chi connectivity index (χ2v) is 11.5. The summed E-state index contributed by atoms with van der Waals surface area (Å²) in [7, 11) is 0. The quantitative estimate of drug-likeness (QED) is 0.516. The number of aliphatic carboxylic acids is 1. The van der Waals surface area contributed by atoms with E-state index in [2.05, 4.69) is 10.3 Å². The molecule has 3 aliphatic rings. The van der Waals surface area contributed by atoms with Gasteiger partial charge in [0.25, 0.3) is 0 Å². The molecule has 2 amide bonds. The second kappa shape index (κ2) is 11.7. The van der Waals surface area contributed by atoms with Crippen molar-refractivity contribution in [3.05, 3.63) is 34.7 Å². The van der Waals surface area contributed by atoms with E-state index in [0.29, 0.717) is 13.1 Å². The number of likely N-dealkylation sites (tertiary alicyclic amines) is 2. The lowest BCUT2D eigenvalue weighted by Crippen LogP contribution is -3.13. The van der Waals surface area contributed by atoms with Crippen molar-refractivity contribution >= 4 is 23.0 Å². The van der Waals surface area contributed by atoms with Gasteiger partial charge in [-0.05, 0) is 49.7 Å². The van der Waals surface area contributed by atoms with Crippen LogP contribution in [0.15, 0.2) is 29.1 Å². The van der Waals surface area contributed by atoms with Crippen molar-refractivity contribution in [1.82, 2.24) is 19.8 Å². The maximum atomic E-state index is 13.0. The van der Waals surface area contributed by atoms with Crippen LogP contribution >= 0.6 is 0 Å². The molecule has 0 unspecified atom stereocenters. The number of carboxylic acid groups (broad SMARTS) is 1. The predicted octanol–water partition coefficient (Wildman–Crippen LogP) is 1.06. The molecule has 5 rings (SSSR count). The van der Waals surface area contributed by atoms with E-state index in [1.165, 1.54) is 24.2 Å². The summed E-state index contributed by atoms with van der Waals surface area (Å²) in [5.74, 6) is -0.761. The molecule has 1 aliphatic carbocycles. The minimum Gasteiger partial charge on any atom is -0.550 e. The molecule has 9 nitrogen and oxygen atoms in total. The van der Waals surface area contributed by atoms with Crippen molar-refractivity contribution in [3.8, 4) is 0 Å². The van der Waals surface area contributed by atoms with Crippen LogP contribution in [0.4, 0.5) is 4.79 Å². The van der Waals surface area contributed by atoms with Crippen LogP contribution in [0.25, 0.3) is 11.0 Å². The fraction of sp³-hybridized carbons (Fsp3) is 0.679. The minimum absolute atomic E-state index is 0.0149. The van der Waals surface area contributed by atoms with Crippen molar-refractivity contribution in [3.63, 3.8) is 0 Å². The predicted molar refractivity (Wildman–Crippen MR) is 139 cm³/mol. The second-order valence-electron chi connectivity index (χ2n) is 11.5. The van der Waals surface area contributed by atoms with Crippen molar-refractivity contribution in [2.75, 3.05) is 32.7 Å². The van der Waals surface area contributed by atoms with E-state index in [1.54, 1.807) is 0 Å². The Morgan fingerprint density at radius 1 is 1.03 bits per heavy atom. The topological polar surface area (TPSA) is 115 Å². The number of quaternary nitrogens is 1. The number of hydrogen-bond acceptors (Lipinski definition) is 4. The lowest BCUT2D eigenvalue weighted by Gasteiger charge is -2.40. The molecular weight excluding hydrogens is 470 g/mol. The molecule has 202 valence electrons. The molecule has 2 atom stereocenters. The number of imidazole rings is 1. The number of aromatic nitrogens is 2. The number of nitrogens with one attached hydrogen (secondary N) is 3. The number of urea groups is 1. The van der Waals surface area contributed by atoms with E-state index < -0.39 is 5.97 Å². The highest BCUT2D eigenvalue weighted by molar-refractivity contribution is 5.75. The molecule has 0 spiro atoms. The first-order valence-electron chi connectivity index (χ1n) is 14.3. The number of amides is 2. The van der Waals surface area contributed by atoms with Gasteiger partial charge < -0.3 is 30.0 Å². The SMILES string of the molecule is O=C([O-])C[C@@H]1CCN(C(=O)NC2CCCCC2)C[C@@H]1CC[NH+]1CCC(n2c(=O)[nH]c3ccccc32)CC1. The van der Waals surface area contributed by atoms with Crippen LogP contribution in [0.5, 0.6) is 0 Å². The Morgan fingerprint density at radius 3 is 2.54 bits per heavy atom. The fourth-order valence-electron chi connectivity index (χ4n) is 6.93. The molecule has 3 fully saturated rings. The fourth-order valence-corrected chi connectivity index (χ4v) is 6.93. The number of carboxylic acids is 1. The number of para-hydroxylation sites is 2. The number of nitrogens with zero attached hydrogens (tertiary/aromatic N) is 2. The molecule has 2 aliphatic heterocycles. The van der Waals surface area contributed by atoms with E-state index in [4.69, 9.17) is 0 Å². The highest BCUT2D eigenvalue weighted by Crippen LogP contribution is 2.29. The summed E-state index contributed by atoms with van der Waals surface area (Å²) in [6, 6.07) is 8.35.